The van der Waals surface area contributed by atoms with Crippen LogP contribution in [0.1, 0.15) is 49.4 Å². The SMILES string of the molecule is CCN1c2ccc(/C=N\NC(=O)c3cc4cccc(OC)c4o3)cc2C(C)=CC1(C)C. The number of hydrazone groups is 1. The lowest BCUT2D eigenvalue weighted by Gasteiger charge is -2.42. The first-order chi connectivity index (χ1) is 14.8. The van der Waals surface area contributed by atoms with Crippen LogP contribution >= 0.6 is 0 Å². The van der Waals surface area contributed by atoms with E-state index in [2.05, 4.69) is 61.3 Å². The van der Waals surface area contributed by atoms with Gasteiger partial charge in [-0.3, -0.25) is 4.79 Å². The fourth-order valence-corrected chi connectivity index (χ4v) is 4.29. The normalized spacial score (nSPS) is 15.1. The second kappa shape index (κ2) is 7.95. The molecule has 4 rings (SSSR count). The molecule has 1 N–H and O–H groups in total. The maximum absolute atomic E-state index is 12.5. The van der Waals surface area contributed by atoms with E-state index in [1.165, 1.54) is 16.8 Å². The monoisotopic (exact) mass is 417 g/mol. The van der Waals surface area contributed by atoms with Crippen molar-refractivity contribution >= 4 is 34.4 Å². The Morgan fingerprint density at radius 3 is 2.81 bits per heavy atom. The summed E-state index contributed by atoms with van der Waals surface area (Å²) in [4.78, 5) is 14.8. The van der Waals surface area contributed by atoms with Crippen LogP contribution in [-0.2, 0) is 0 Å². The van der Waals surface area contributed by atoms with Crippen LogP contribution in [0.15, 0.2) is 58.1 Å². The number of fused-ring (bicyclic) bond motifs is 2. The molecule has 0 spiro atoms. The van der Waals surface area contributed by atoms with E-state index >= 15 is 0 Å². The third kappa shape index (κ3) is 3.81. The zero-order valence-electron chi connectivity index (χ0n) is 18.5. The molecular weight excluding hydrogens is 390 g/mol. The minimum Gasteiger partial charge on any atom is -0.493 e. The molecule has 2 aromatic carbocycles. The Hall–Kier alpha value is -3.54. The van der Waals surface area contributed by atoms with E-state index in [9.17, 15) is 4.79 Å². The van der Waals surface area contributed by atoms with Crippen LogP contribution in [-0.4, -0.2) is 31.3 Å². The van der Waals surface area contributed by atoms with E-state index in [-0.39, 0.29) is 11.3 Å². The maximum atomic E-state index is 12.5. The van der Waals surface area contributed by atoms with Crippen molar-refractivity contribution in [2.24, 2.45) is 5.10 Å². The summed E-state index contributed by atoms with van der Waals surface area (Å²) in [5.41, 5.74) is 7.60. The van der Waals surface area contributed by atoms with Gasteiger partial charge in [-0.05, 0) is 63.1 Å². The Morgan fingerprint density at radius 1 is 1.26 bits per heavy atom. The third-order valence-corrected chi connectivity index (χ3v) is 5.65. The number of carbonyl (C=O) groups is 1. The van der Waals surface area contributed by atoms with Gasteiger partial charge in [-0.25, -0.2) is 5.43 Å². The van der Waals surface area contributed by atoms with Gasteiger partial charge in [0, 0.05) is 23.2 Å². The Kier molecular flexibility index (Phi) is 5.31. The minimum absolute atomic E-state index is 0.0231. The van der Waals surface area contributed by atoms with Gasteiger partial charge in [0.05, 0.1) is 18.9 Å². The van der Waals surface area contributed by atoms with Crippen molar-refractivity contribution in [2.75, 3.05) is 18.6 Å². The molecule has 6 nitrogen and oxygen atoms in total. The number of carbonyl (C=O) groups excluding carboxylic acids is 1. The van der Waals surface area contributed by atoms with Crippen LogP contribution in [0, 0.1) is 0 Å². The van der Waals surface area contributed by atoms with Crippen molar-refractivity contribution in [3.63, 3.8) is 0 Å². The van der Waals surface area contributed by atoms with E-state index in [0.717, 1.165) is 17.5 Å². The summed E-state index contributed by atoms with van der Waals surface area (Å²) in [6, 6.07) is 13.4. The van der Waals surface area contributed by atoms with Crippen LogP contribution in [0.2, 0.25) is 0 Å². The fraction of sp³-hybridized carbons (Fsp3) is 0.280. The summed E-state index contributed by atoms with van der Waals surface area (Å²) in [6.07, 6.45) is 3.93. The van der Waals surface area contributed by atoms with Gasteiger partial charge in [-0.2, -0.15) is 5.10 Å². The predicted molar refractivity (Wildman–Crippen MR) is 125 cm³/mol. The van der Waals surface area contributed by atoms with E-state index < -0.39 is 5.91 Å². The Morgan fingerprint density at radius 2 is 2.06 bits per heavy atom. The van der Waals surface area contributed by atoms with Crippen molar-refractivity contribution in [2.45, 2.75) is 33.2 Å². The number of amides is 1. The van der Waals surface area contributed by atoms with Crippen molar-refractivity contribution < 1.29 is 13.9 Å². The molecule has 0 bridgehead atoms. The van der Waals surface area contributed by atoms with Gasteiger partial charge in [0.1, 0.15) is 0 Å². The maximum Gasteiger partial charge on any atom is 0.307 e. The molecule has 31 heavy (non-hydrogen) atoms. The molecule has 1 amide bonds. The molecular formula is C25H27N3O3. The van der Waals surface area contributed by atoms with E-state index in [4.69, 9.17) is 9.15 Å². The van der Waals surface area contributed by atoms with Gasteiger partial charge < -0.3 is 14.1 Å². The van der Waals surface area contributed by atoms with Crippen LogP contribution in [0.4, 0.5) is 5.69 Å². The zero-order valence-corrected chi connectivity index (χ0v) is 18.5. The molecule has 1 aliphatic heterocycles. The van der Waals surface area contributed by atoms with Crippen molar-refractivity contribution in [1.82, 2.24) is 5.43 Å². The molecule has 0 saturated heterocycles. The van der Waals surface area contributed by atoms with E-state index in [1.54, 1.807) is 25.5 Å². The Bertz CT molecular complexity index is 1200. The molecule has 0 fully saturated rings. The van der Waals surface area contributed by atoms with Crippen LogP contribution in [0.25, 0.3) is 16.5 Å². The number of benzene rings is 2. The van der Waals surface area contributed by atoms with E-state index in [1.807, 2.05) is 18.2 Å². The number of hydrogen-bond acceptors (Lipinski definition) is 5. The van der Waals surface area contributed by atoms with Gasteiger partial charge in [-0.15, -0.1) is 0 Å². The second-order valence-corrected chi connectivity index (χ2v) is 8.19. The van der Waals surface area contributed by atoms with Gasteiger partial charge in [0.15, 0.2) is 17.1 Å². The summed E-state index contributed by atoms with van der Waals surface area (Å²) in [6.45, 7) is 9.67. The molecule has 160 valence electrons. The lowest BCUT2D eigenvalue weighted by Crippen LogP contribution is -2.44. The van der Waals surface area contributed by atoms with Crippen LogP contribution in [0.5, 0.6) is 5.75 Å². The fourth-order valence-electron chi connectivity index (χ4n) is 4.29. The summed E-state index contributed by atoms with van der Waals surface area (Å²) in [7, 11) is 1.57. The van der Waals surface area contributed by atoms with Crippen LogP contribution < -0.4 is 15.1 Å². The average Bonchev–Trinajstić information content (AvgIpc) is 3.18. The number of nitrogens with zero attached hydrogens (tertiary/aromatic N) is 2. The highest BCUT2D eigenvalue weighted by Gasteiger charge is 2.29. The number of nitrogens with one attached hydrogen (secondary N) is 1. The van der Waals surface area contributed by atoms with Crippen molar-refractivity contribution in [3.8, 4) is 5.75 Å². The first-order valence-corrected chi connectivity index (χ1v) is 10.4. The largest absolute Gasteiger partial charge is 0.493 e. The lowest BCUT2D eigenvalue weighted by molar-refractivity contribution is 0.0929. The molecule has 2 heterocycles. The van der Waals surface area contributed by atoms with E-state index in [0.29, 0.717) is 11.3 Å². The number of likely N-dealkylation sites (N-methyl/N-ethyl adjacent to an activating group) is 1. The summed E-state index contributed by atoms with van der Waals surface area (Å²) in [5.74, 6) is 0.353. The molecule has 0 aliphatic carbocycles. The Labute approximate surface area is 182 Å². The highest BCUT2D eigenvalue weighted by molar-refractivity contribution is 5.98. The number of allylic oxidation sites excluding steroid dienone is 1. The first kappa shape index (κ1) is 20.7. The standard InChI is InChI=1S/C25H27N3O3/c1-6-28-20-11-10-17(12-19(20)16(2)14-25(28,3)4)15-26-27-24(29)22-13-18-8-7-9-21(30-5)23(18)31-22/h7-15H,6H2,1-5H3,(H,27,29)/b26-15-. The van der Waals surface area contributed by atoms with Gasteiger partial charge in [-0.1, -0.05) is 24.3 Å². The molecule has 0 radical (unpaired) electrons. The number of para-hydroxylation sites is 1. The summed E-state index contributed by atoms with van der Waals surface area (Å²) < 4.78 is 10.9. The first-order valence-electron chi connectivity index (χ1n) is 10.4. The number of rotatable bonds is 5. The molecule has 0 saturated carbocycles. The van der Waals surface area contributed by atoms with Gasteiger partial charge in [0.25, 0.3) is 0 Å². The third-order valence-electron chi connectivity index (χ3n) is 5.65. The Balaban J connectivity index is 1.52. The topological polar surface area (TPSA) is 67.1 Å². The molecule has 6 heteroatoms. The minimum atomic E-state index is -0.414. The summed E-state index contributed by atoms with van der Waals surface area (Å²) >= 11 is 0. The van der Waals surface area contributed by atoms with Crippen LogP contribution in [0.3, 0.4) is 0 Å². The van der Waals surface area contributed by atoms with Crippen molar-refractivity contribution in [1.29, 1.82) is 0 Å². The molecule has 0 atom stereocenters. The predicted octanol–water partition coefficient (Wildman–Crippen LogP) is 5.23. The number of furan rings is 1. The molecule has 1 aromatic heterocycles. The lowest BCUT2D eigenvalue weighted by atomic mass is 9.88. The summed E-state index contributed by atoms with van der Waals surface area (Å²) in [5, 5.41) is 4.92. The number of hydrogen-bond donors (Lipinski definition) is 1. The number of anilines is 1. The number of methoxy groups -OCH3 is 1. The number of ether oxygens (including phenoxy) is 1. The molecule has 3 aromatic rings. The van der Waals surface area contributed by atoms with Gasteiger partial charge in [0.2, 0.25) is 0 Å². The smallest absolute Gasteiger partial charge is 0.307 e. The average molecular weight is 418 g/mol. The highest BCUT2D eigenvalue weighted by atomic mass is 16.5. The van der Waals surface area contributed by atoms with Crippen molar-refractivity contribution in [3.05, 3.63) is 65.4 Å². The zero-order chi connectivity index (χ0) is 22.2. The highest BCUT2D eigenvalue weighted by Crippen LogP contribution is 2.38. The quantitative estimate of drug-likeness (QED) is 0.456. The second-order valence-electron chi connectivity index (χ2n) is 8.19. The molecule has 1 aliphatic rings. The molecule has 0 unspecified atom stereocenters. The van der Waals surface area contributed by atoms with Gasteiger partial charge >= 0.3 is 5.91 Å².